The zero-order valence-electron chi connectivity index (χ0n) is 42.1. The van der Waals surface area contributed by atoms with Gasteiger partial charge in [-0.15, -0.1) is 0 Å². The van der Waals surface area contributed by atoms with Crippen molar-refractivity contribution in [1.82, 2.24) is 0 Å². The Labute approximate surface area is 429 Å². The molecule has 10 aromatic carbocycles. The van der Waals surface area contributed by atoms with Crippen LogP contribution in [0.4, 0.5) is 39.8 Å². The van der Waals surface area contributed by atoms with Crippen LogP contribution in [-0.2, 0) is 10.8 Å². The Morgan fingerprint density at radius 2 is 0.904 bits per heavy atom. The van der Waals surface area contributed by atoms with E-state index in [9.17, 15) is 5.26 Å². The number of anilines is 6. The standard InChI is InChI=1S/C69H54N4/c1-68(2,3)46-23-33-51(34-24-46)72(53-37-27-48(71-7)28-38-53)50-31-21-45(22-32-50)55-40-39-54(73(49-29-19-44(43-70)20-30-49)52-35-25-47(26-36-52)69(4,5)6)41-62(55)67-60-16-11-10-15-59(60)66-61-18-12-17-58-56-13-8-9-14-57(56)63(65(58)61)42-64(66)67/h8-42,67H,1-6H3. The lowest BCUT2D eigenvalue weighted by atomic mass is 9.82. The van der Waals surface area contributed by atoms with Gasteiger partial charge < -0.3 is 9.80 Å². The molecule has 0 spiro atoms. The van der Waals surface area contributed by atoms with Crippen LogP contribution < -0.4 is 9.80 Å². The summed E-state index contributed by atoms with van der Waals surface area (Å²) in [5.74, 6) is -0.0947. The third-order valence-corrected chi connectivity index (χ3v) is 15.1. The molecule has 350 valence electrons. The second kappa shape index (κ2) is 17.4. The van der Waals surface area contributed by atoms with E-state index in [0.29, 0.717) is 11.3 Å². The lowest BCUT2D eigenvalue weighted by Gasteiger charge is -2.29. The molecule has 4 nitrogen and oxygen atoms in total. The summed E-state index contributed by atoms with van der Waals surface area (Å²) in [4.78, 5) is 8.30. The van der Waals surface area contributed by atoms with Crippen LogP contribution in [0.25, 0.3) is 60.1 Å². The summed E-state index contributed by atoms with van der Waals surface area (Å²) in [5.41, 5.74) is 23.7. The van der Waals surface area contributed by atoms with E-state index < -0.39 is 0 Å². The molecule has 0 heterocycles. The summed E-state index contributed by atoms with van der Waals surface area (Å²) in [7, 11) is 0. The van der Waals surface area contributed by atoms with E-state index in [1.807, 2.05) is 36.4 Å². The Bertz CT molecular complexity index is 3860. The van der Waals surface area contributed by atoms with Gasteiger partial charge >= 0.3 is 0 Å². The minimum atomic E-state index is -0.0947. The van der Waals surface area contributed by atoms with Crippen LogP contribution in [0.3, 0.4) is 0 Å². The number of hydrogen-bond acceptors (Lipinski definition) is 3. The zero-order valence-corrected chi connectivity index (χ0v) is 42.1. The number of nitrogens with zero attached hydrogens (tertiary/aromatic N) is 4. The summed E-state index contributed by atoms with van der Waals surface area (Å²) >= 11 is 0. The highest BCUT2D eigenvalue weighted by atomic mass is 15.1. The van der Waals surface area contributed by atoms with Gasteiger partial charge in [-0.1, -0.05) is 163 Å². The van der Waals surface area contributed by atoms with Crippen LogP contribution in [0, 0.1) is 17.9 Å². The van der Waals surface area contributed by atoms with Crippen molar-refractivity contribution in [3.05, 3.63) is 257 Å². The fourth-order valence-corrected chi connectivity index (χ4v) is 11.4. The average Bonchev–Trinajstić information content (AvgIpc) is 3.92. The molecule has 0 amide bonds. The van der Waals surface area contributed by atoms with Crippen LogP contribution >= 0.6 is 0 Å². The van der Waals surface area contributed by atoms with E-state index in [0.717, 1.165) is 45.3 Å². The molecule has 10 aromatic rings. The van der Waals surface area contributed by atoms with Crippen LogP contribution in [0.5, 0.6) is 0 Å². The van der Waals surface area contributed by atoms with E-state index in [-0.39, 0.29) is 16.7 Å². The van der Waals surface area contributed by atoms with E-state index >= 15 is 0 Å². The van der Waals surface area contributed by atoms with Crippen LogP contribution in [0.2, 0.25) is 0 Å². The molecule has 2 aliphatic rings. The maximum atomic E-state index is 9.87. The van der Waals surface area contributed by atoms with E-state index in [4.69, 9.17) is 6.57 Å². The first kappa shape index (κ1) is 45.2. The second-order valence-corrected chi connectivity index (χ2v) is 21.6. The molecule has 12 rings (SSSR count). The van der Waals surface area contributed by atoms with Gasteiger partial charge in [-0.2, -0.15) is 5.26 Å². The molecule has 0 saturated heterocycles. The normalized spacial score (nSPS) is 13.2. The molecule has 0 fully saturated rings. The van der Waals surface area contributed by atoms with Gasteiger partial charge in [0.2, 0.25) is 0 Å². The van der Waals surface area contributed by atoms with Crippen molar-refractivity contribution in [2.75, 3.05) is 9.80 Å². The molecular formula is C69H54N4. The Morgan fingerprint density at radius 1 is 0.425 bits per heavy atom. The molecule has 0 bridgehead atoms. The molecule has 73 heavy (non-hydrogen) atoms. The number of fused-ring (bicyclic) bond motifs is 7. The van der Waals surface area contributed by atoms with Gasteiger partial charge in [0.1, 0.15) is 0 Å². The minimum absolute atomic E-state index is 0.00581. The number of nitriles is 1. The smallest absolute Gasteiger partial charge is 0.187 e. The van der Waals surface area contributed by atoms with Gasteiger partial charge in [-0.3, -0.25) is 0 Å². The van der Waals surface area contributed by atoms with E-state index in [2.05, 4.69) is 238 Å². The summed E-state index contributed by atoms with van der Waals surface area (Å²) in [6, 6.07) is 79.2. The Morgan fingerprint density at radius 3 is 1.47 bits per heavy atom. The summed E-state index contributed by atoms with van der Waals surface area (Å²) in [6.45, 7) is 21.1. The van der Waals surface area contributed by atoms with Crippen LogP contribution in [-0.4, -0.2) is 0 Å². The van der Waals surface area contributed by atoms with Gasteiger partial charge in [-0.05, 0) is 185 Å². The van der Waals surface area contributed by atoms with Crippen LogP contribution in [0.15, 0.2) is 212 Å². The lowest BCUT2D eigenvalue weighted by Crippen LogP contribution is -2.14. The monoisotopic (exact) mass is 938 g/mol. The summed E-state index contributed by atoms with van der Waals surface area (Å²) in [6.07, 6.45) is 0. The molecule has 0 saturated carbocycles. The van der Waals surface area contributed by atoms with Gasteiger partial charge in [0.25, 0.3) is 0 Å². The number of benzene rings is 10. The molecule has 0 N–H and O–H groups in total. The van der Waals surface area contributed by atoms with Gasteiger partial charge in [0.15, 0.2) is 5.69 Å². The highest BCUT2D eigenvalue weighted by molar-refractivity contribution is 6.20. The fraction of sp³-hybridized carbons (Fsp3) is 0.130. The largest absolute Gasteiger partial charge is 0.311 e. The first-order valence-electron chi connectivity index (χ1n) is 25.2. The molecule has 1 unspecified atom stereocenters. The molecule has 0 aromatic heterocycles. The van der Waals surface area contributed by atoms with Crippen LogP contribution in [0.1, 0.15) is 80.8 Å². The maximum Gasteiger partial charge on any atom is 0.187 e. The predicted molar refractivity (Wildman–Crippen MR) is 304 cm³/mol. The third-order valence-electron chi connectivity index (χ3n) is 15.1. The quantitative estimate of drug-likeness (QED) is 0.142. The Kier molecular flexibility index (Phi) is 10.8. The second-order valence-electron chi connectivity index (χ2n) is 21.6. The average molecular weight is 939 g/mol. The third kappa shape index (κ3) is 7.75. The first-order valence-corrected chi connectivity index (χ1v) is 25.2. The summed E-state index contributed by atoms with van der Waals surface area (Å²) in [5, 5.41) is 12.5. The molecule has 0 aliphatic heterocycles. The molecule has 1 atom stereocenters. The number of hydrogen-bond donors (Lipinski definition) is 0. The SMILES string of the molecule is [C-]#[N+]c1ccc(N(c2ccc(-c3ccc(N(c4ccc(C#N)cc4)c4ccc(C(C)(C)C)cc4)cc3C3c4ccccc4-c4c3cc3c5c(cccc45)-c4ccccc4-3)cc2)c2ccc(C(C)(C)C)cc2)cc1. The lowest BCUT2D eigenvalue weighted by molar-refractivity contribution is 0.590. The maximum absolute atomic E-state index is 9.87. The first-order chi connectivity index (χ1) is 35.4. The highest BCUT2D eigenvalue weighted by Crippen LogP contribution is 2.58. The molecule has 2 aliphatic carbocycles. The number of rotatable bonds is 8. The predicted octanol–water partition coefficient (Wildman–Crippen LogP) is 19.3. The molecule has 4 heteroatoms. The van der Waals surface area contributed by atoms with Crippen molar-refractivity contribution < 1.29 is 0 Å². The van der Waals surface area contributed by atoms with E-state index in [1.54, 1.807) is 0 Å². The Balaban J connectivity index is 1.07. The van der Waals surface area contributed by atoms with Crippen molar-refractivity contribution >= 4 is 50.6 Å². The van der Waals surface area contributed by atoms with Gasteiger partial charge in [0, 0.05) is 40.0 Å². The molecular weight excluding hydrogens is 885 g/mol. The van der Waals surface area contributed by atoms with Gasteiger partial charge in [0.05, 0.1) is 18.2 Å². The van der Waals surface area contributed by atoms with Crippen molar-refractivity contribution in [2.24, 2.45) is 0 Å². The highest BCUT2D eigenvalue weighted by Gasteiger charge is 2.36. The van der Waals surface area contributed by atoms with Crippen molar-refractivity contribution in [2.45, 2.75) is 58.3 Å². The summed E-state index contributed by atoms with van der Waals surface area (Å²) < 4.78 is 0. The minimum Gasteiger partial charge on any atom is -0.311 e. The van der Waals surface area contributed by atoms with Crippen molar-refractivity contribution in [3.8, 4) is 50.6 Å². The van der Waals surface area contributed by atoms with E-state index in [1.165, 1.54) is 72.0 Å². The Hall–Kier alpha value is -8.96. The fourth-order valence-electron chi connectivity index (χ4n) is 11.4. The van der Waals surface area contributed by atoms with Crippen molar-refractivity contribution in [1.29, 1.82) is 5.26 Å². The van der Waals surface area contributed by atoms with Crippen molar-refractivity contribution in [3.63, 3.8) is 0 Å². The van der Waals surface area contributed by atoms with Gasteiger partial charge in [-0.25, -0.2) is 4.85 Å². The topological polar surface area (TPSA) is 34.6 Å². The zero-order chi connectivity index (χ0) is 50.2. The molecule has 0 radical (unpaired) electrons.